The fraction of sp³-hybridized carbons (Fsp3) is 0.652. The minimum atomic E-state index is -0.254. The topological polar surface area (TPSA) is 85.8 Å². The molecule has 2 fully saturated rings. The van der Waals surface area contributed by atoms with Crippen molar-refractivity contribution < 1.29 is 24.2 Å². The van der Waals surface area contributed by atoms with Crippen molar-refractivity contribution in [1.82, 2.24) is 19.6 Å². The van der Waals surface area contributed by atoms with Gasteiger partial charge in [0.05, 0.1) is 13.2 Å². The van der Waals surface area contributed by atoms with Gasteiger partial charge < -0.3 is 24.4 Å². The van der Waals surface area contributed by atoms with Crippen LogP contribution in [0.15, 0.2) is 12.1 Å². The van der Waals surface area contributed by atoms with Crippen molar-refractivity contribution in [3.05, 3.63) is 28.8 Å². The number of amides is 2. The van der Waals surface area contributed by atoms with E-state index >= 15 is 0 Å². The summed E-state index contributed by atoms with van der Waals surface area (Å²) in [5, 5.41) is 11.0. The van der Waals surface area contributed by atoms with Crippen LogP contribution in [0.5, 0.6) is 5.75 Å². The summed E-state index contributed by atoms with van der Waals surface area (Å²) in [6, 6.07) is 4.07. The number of benzene rings is 1. The SMILES string of the molecule is CCOC(=O)N1CCN(Cc2cc(C)cc(CN3CCN(C(=O)OCC)CC3)c2O)CC1. The molecule has 9 heteroatoms. The van der Waals surface area contributed by atoms with Crippen LogP contribution in [0.1, 0.15) is 30.5 Å². The molecule has 178 valence electrons. The predicted molar refractivity (Wildman–Crippen MR) is 121 cm³/mol. The van der Waals surface area contributed by atoms with E-state index in [4.69, 9.17) is 9.47 Å². The second kappa shape index (κ2) is 11.4. The molecule has 0 unspecified atom stereocenters. The summed E-state index contributed by atoms with van der Waals surface area (Å²) in [4.78, 5) is 31.8. The van der Waals surface area contributed by atoms with Gasteiger partial charge >= 0.3 is 12.2 Å². The highest BCUT2D eigenvalue weighted by Gasteiger charge is 2.25. The van der Waals surface area contributed by atoms with Crippen molar-refractivity contribution >= 4 is 12.2 Å². The maximum atomic E-state index is 11.9. The number of phenolic OH excluding ortho intramolecular Hbond substituents is 1. The van der Waals surface area contributed by atoms with Gasteiger partial charge in [-0.25, -0.2) is 9.59 Å². The number of carbonyl (C=O) groups is 2. The van der Waals surface area contributed by atoms with E-state index in [0.717, 1.165) is 42.9 Å². The molecule has 32 heavy (non-hydrogen) atoms. The van der Waals surface area contributed by atoms with Gasteiger partial charge in [0, 0.05) is 76.6 Å². The highest BCUT2D eigenvalue weighted by molar-refractivity contribution is 5.68. The van der Waals surface area contributed by atoms with Gasteiger partial charge in [0.2, 0.25) is 0 Å². The van der Waals surface area contributed by atoms with Gasteiger partial charge in [0.25, 0.3) is 0 Å². The number of phenols is 1. The third-order valence-electron chi connectivity index (χ3n) is 6.00. The first kappa shape index (κ1) is 24.1. The Labute approximate surface area is 190 Å². The van der Waals surface area contributed by atoms with Gasteiger partial charge in [-0.15, -0.1) is 0 Å². The fourth-order valence-corrected chi connectivity index (χ4v) is 4.26. The molecule has 1 aromatic carbocycles. The summed E-state index contributed by atoms with van der Waals surface area (Å²) in [5.41, 5.74) is 2.94. The molecule has 2 aliphatic heterocycles. The second-order valence-corrected chi connectivity index (χ2v) is 8.36. The van der Waals surface area contributed by atoms with Gasteiger partial charge in [0.1, 0.15) is 5.75 Å². The van der Waals surface area contributed by atoms with Crippen molar-refractivity contribution in [2.45, 2.75) is 33.9 Å². The number of nitrogens with zero attached hydrogens (tertiary/aromatic N) is 4. The standard InChI is InChI=1S/C23H36N4O5/c1-4-31-22(29)26-10-6-24(7-11-26)16-19-14-18(3)15-20(21(19)28)17-25-8-12-27(13-9-25)23(30)32-5-2/h14-15,28H,4-13,16-17H2,1-3H3. The molecule has 1 N–H and O–H groups in total. The van der Waals surface area contributed by atoms with Crippen LogP contribution in [0.4, 0.5) is 9.59 Å². The molecule has 0 spiro atoms. The molecular weight excluding hydrogens is 412 g/mol. The van der Waals surface area contributed by atoms with Crippen LogP contribution in [-0.2, 0) is 22.6 Å². The number of hydrogen-bond donors (Lipinski definition) is 1. The molecule has 0 aromatic heterocycles. The van der Waals surface area contributed by atoms with Crippen LogP contribution in [0.2, 0.25) is 0 Å². The zero-order valence-corrected chi connectivity index (χ0v) is 19.5. The van der Waals surface area contributed by atoms with E-state index in [2.05, 4.69) is 9.80 Å². The minimum Gasteiger partial charge on any atom is -0.507 e. The summed E-state index contributed by atoms with van der Waals surface area (Å²) in [5.74, 6) is 0.344. The molecule has 2 heterocycles. The van der Waals surface area contributed by atoms with Crippen LogP contribution in [0, 0.1) is 6.92 Å². The maximum absolute atomic E-state index is 11.9. The van der Waals surface area contributed by atoms with E-state index in [0.29, 0.717) is 58.2 Å². The first-order valence-corrected chi connectivity index (χ1v) is 11.5. The van der Waals surface area contributed by atoms with Crippen molar-refractivity contribution in [2.75, 3.05) is 65.6 Å². The minimum absolute atomic E-state index is 0.254. The number of carbonyl (C=O) groups excluding carboxylic acids is 2. The molecule has 3 rings (SSSR count). The van der Waals surface area contributed by atoms with Crippen LogP contribution in [0.25, 0.3) is 0 Å². The third kappa shape index (κ3) is 6.26. The largest absolute Gasteiger partial charge is 0.507 e. The number of ether oxygens (including phenoxy) is 2. The average molecular weight is 449 g/mol. The highest BCUT2D eigenvalue weighted by Crippen LogP contribution is 2.28. The molecule has 9 nitrogen and oxygen atoms in total. The number of rotatable bonds is 6. The molecule has 2 aliphatic rings. The fourth-order valence-electron chi connectivity index (χ4n) is 4.26. The number of aryl methyl sites for hydroxylation is 1. The summed E-state index contributed by atoms with van der Waals surface area (Å²) < 4.78 is 10.2. The summed E-state index contributed by atoms with van der Waals surface area (Å²) in [6.07, 6.45) is -0.508. The Bertz CT molecular complexity index is 726. The third-order valence-corrected chi connectivity index (χ3v) is 6.00. The molecule has 0 bridgehead atoms. The Kier molecular flexibility index (Phi) is 8.58. The zero-order valence-electron chi connectivity index (χ0n) is 19.5. The van der Waals surface area contributed by atoms with Crippen LogP contribution >= 0.6 is 0 Å². The summed E-state index contributed by atoms with van der Waals surface area (Å²) in [7, 11) is 0. The van der Waals surface area contributed by atoms with Gasteiger partial charge in [-0.2, -0.15) is 0 Å². The average Bonchev–Trinajstić information content (AvgIpc) is 2.78. The van der Waals surface area contributed by atoms with Crippen LogP contribution in [0.3, 0.4) is 0 Å². The molecule has 0 atom stereocenters. The molecule has 1 aromatic rings. The van der Waals surface area contributed by atoms with Crippen LogP contribution in [-0.4, -0.2) is 102 Å². The van der Waals surface area contributed by atoms with E-state index < -0.39 is 0 Å². The Balaban J connectivity index is 1.56. The normalized spacial score (nSPS) is 18.0. The number of aromatic hydroxyl groups is 1. The number of piperazine rings is 2. The van der Waals surface area contributed by atoms with Gasteiger partial charge in [0.15, 0.2) is 0 Å². The second-order valence-electron chi connectivity index (χ2n) is 8.36. The lowest BCUT2D eigenvalue weighted by molar-refractivity contribution is 0.0774. The monoisotopic (exact) mass is 448 g/mol. The van der Waals surface area contributed by atoms with Crippen molar-refractivity contribution in [2.24, 2.45) is 0 Å². The zero-order chi connectivity index (χ0) is 23.1. The van der Waals surface area contributed by atoms with Crippen LogP contribution < -0.4 is 0 Å². The first-order chi connectivity index (χ1) is 15.4. The predicted octanol–water partition coefficient (Wildman–Crippen LogP) is 2.25. The van der Waals surface area contributed by atoms with Gasteiger partial charge in [-0.1, -0.05) is 17.7 Å². The van der Waals surface area contributed by atoms with E-state index in [-0.39, 0.29) is 12.2 Å². The quantitative estimate of drug-likeness (QED) is 0.714. The molecular formula is C23H36N4O5. The Morgan fingerprint density at radius 2 is 1.16 bits per heavy atom. The lowest BCUT2D eigenvalue weighted by Gasteiger charge is -2.35. The Hall–Kier alpha value is -2.52. The summed E-state index contributed by atoms with van der Waals surface area (Å²) >= 11 is 0. The van der Waals surface area contributed by atoms with E-state index in [1.54, 1.807) is 9.80 Å². The highest BCUT2D eigenvalue weighted by atomic mass is 16.6. The van der Waals surface area contributed by atoms with E-state index in [1.807, 2.05) is 32.9 Å². The molecule has 2 saturated heterocycles. The molecule has 0 saturated carbocycles. The van der Waals surface area contributed by atoms with Gasteiger partial charge in [-0.3, -0.25) is 9.80 Å². The lowest BCUT2D eigenvalue weighted by Crippen LogP contribution is -2.48. The number of hydrogen-bond acceptors (Lipinski definition) is 7. The van der Waals surface area contributed by atoms with Crippen molar-refractivity contribution in [3.63, 3.8) is 0 Å². The smallest absolute Gasteiger partial charge is 0.409 e. The lowest BCUT2D eigenvalue weighted by atomic mass is 10.0. The molecule has 0 radical (unpaired) electrons. The Morgan fingerprint density at radius 1 is 0.781 bits per heavy atom. The first-order valence-electron chi connectivity index (χ1n) is 11.5. The van der Waals surface area contributed by atoms with Crippen molar-refractivity contribution in [3.8, 4) is 5.75 Å². The summed E-state index contributed by atoms with van der Waals surface area (Å²) in [6.45, 7) is 13.2. The van der Waals surface area contributed by atoms with Gasteiger partial charge in [-0.05, 0) is 20.8 Å². The molecule has 2 amide bonds. The van der Waals surface area contributed by atoms with E-state index in [9.17, 15) is 14.7 Å². The molecule has 0 aliphatic carbocycles. The maximum Gasteiger partial charge on any atom is 0.409 e. The van der Waals surface area contributed by atoms with Crippen molar-refractivity contribution in [1.29, 1.82) is 0 Å². The van der Waals surface area contributed by atoms with E-state index in [1.165, 1.54) is 0 Å². The Morgan fingerprint density at radius 3 is 1.50 bits per heavy atom.